The number of pyridine rings is 1. The zero-order valence-electron chi connectivity index (χ0n) is 18.3. The van der Waals surface area contributed by atoms with Gasteiger partial charge < -0.3 is 20.9 Å². The number of amides is 1. The van der Waals surface area contributed by atoms with E-state index in [1.54, 1.807) is 0 Å². The Bertz CT molecular complexity index is 1250. The number of carbonyl (C=O) groups excluding carboxylic acids is 1. The molecule has 2 atom stereocenters. The van der Waals surface area contributed by atoms with Gasteiger partial charge >= 0.3 is 18.3 Å². The Labute approximate surface area is 208 Å². The number of benzene rings is 1. The number of carbonyl (C=O) groups is 2. The lowest BCUT2D eigenvalue weighted by Crippen LogP contribution is -2.21. The summed E-state index contributed by atoms with van der Waals surface area (Å²) in [6.45, 7) is 0.541. The molecule has 1 amide bonds. The molecule has 0 radical (unpaired) electrons. The van der Waals surface area contributed by atoms with Crippen molar-refractivity contribution in [3.8, 4) is 0 Å². The van der Waals surface area contributed by atoms with Crippen molar-refractivity contribution < 1.29 is 50.2 Å². The smallest absolute Gasteiger partial charge is 0.475 e. The number of nitrogens with two attached hydrogens (primary N) is 1. The van der Waals surface area contributed by atoms with Gasteiger partial charge in [0.25, 0.3) is 5.91 Å². The van der Waals surface area contributed by atoms with Crippen LogP contribution in [0.25, 0.3) is 0 Å². The van der Waals surface area contributed by atoms with Crippen molar-refractivity contribution in [2.75, 3.05) is 18.5 Å². The lowest BCUT2D eigenvalue weighted by atomic mass is 10.0. The third-order valence-electron chi connectivity index (χ3n) is 5.30. The van der Waals surface area contributed by atoms with Crippen molar-refractivity contribution in [2.24, 2.45) is 16.6 Å². The molecule has 0 unspecified atom stereocenters. The Morgan fingerprint density at radius 2 is 1.84 bits per heavy atom. The molecule has 2 aromatic rings. The molecule has 16 heteroatoms. The second kappa shape index (κ2) is 10.1. The van der Waals surface area contributed by atoms with Crippen molar-refractivity contribution in [1.29, 1.82) is 0 Å². The quantitative estimate of drug-likeness (QED) is 0.482. The van der Waals surface area contributed by atoms with Gasteiger partial charge in [0.2, 0.25) is 0 Å². The normalized spacial score (nSPS) is 21.0. The summed E-state index contributed by atoms with van der Waals surface area (Å²) in [6, 6.07) is 4.54. The molecule has 1 fully saturated rings. The van der Waals surface area contributed by atoms with Gasteiger partial charge in [-0.15, -0.1) is 0 Å². The topological polar surface area (TPSA) is 127 Å². The minimum absolute atomic E-state index is 0.0370. The monoisotopic (exact) mass is 556 g/mol. The lowest BCUT2D eigenvalue weighted by molar-refractivity contribution is -0.192. The van der Waals surface area contributed by atoms with Crippen LogP contribution in [-0.4, -0.2) is 47.2 Å². The summed E-state index contributed by atoms with van der Waals surface area (Å²) in [4.78, 5) is 29.3. The summed E-state index contributed by atoms with van der Waals surface area (Å²) in [5.74, 6) is -3.88. The van der Waals surface area contributed by atoms with Crippen LogP contribution in [0.4, 0.5) is 36.4 Å². The highest BCUT2D eigenvalue weighted by Gasteiger charge is 2.58. The molecule has 4 rings (SSSR count). The van der Waals surface area contributed by atoms with Crippen LogP contribution in [0.5, 0.6) is 0 Å². The number of rotatable bonds is 3. The molecule has 1 saturated carbocycles. The van der Waals surface area contributed by atoms with Gasteiger partial charge in [0, 0.05) is 23.4 Å². The number of carboxylic acids is 1. The number of hydrogen-bond acceptors (Lipinski definition) is 6. The summed E-state index contributed by atoms with van der Waals surface area (Å²) < 4.78 is 89.9. The van der Waals surface area contributed by atoms with E-state index in [2.05, 4.69) is 15.3 Å². The molecule has 4 N–H and O–H groups in total. The first kappa shape index (κ1) is 28.1. The Morgan fingerprint density at radius 1 is 1.19 bits per heavy atom. The van der Waals surface area contributed by atoms with E-state index in [9.17, 15) is 35.5 Å². The first-order chi connectivity index (χ1) is 17.0. The Morgan fingerprint density at radius 3 is 2.41 bits per heavy atom. The fourth-order valence-corrected chi connectivity index (χ4v) is 3.77. The fourth-order valence-electron chi connectivity index (χ4n) is 3.52. The number of hydrogen-bond donors (Lipinski definition) is 3. The molecule has 0 saturated heterocycles. The number of aliphatic carboxylic acids is 1. The molecule has 2 aliphatic rings. The Balaban J connectivity index is 0.000000479. The number of aromatic nitrogens is 1. The molecule has 8 nitrogen and oxygen atoms in total. The Hall–Kier alpha value is -3.46. The molecule has 1 aliphatic heterocycles. The van der Waals surface area contributed by atoms with E-state index in [4.69, 9.17) is 32.0 Å². The number of aliphatic imine (C=N–C) groups is 1. The molecule has 0 bridgehead atoms. The summed E-state index contributed by atoms with van der Waals surface area (Å²) in [7, 11) is 0. The predicted octanol–water partition coefficient (Wildman–Crippen LogP) is 4.38. The molecule has 1 aliphatic carbocycles. The first-order valence-electron chi connectivity index (χ1n) is 10.1. The van der Waals surface area contributed by atoms with E-state index in [1.807, 2.05) is 0 Å². The summed E-state index contributed by atoms with van der Waals surface area (Å²) in [6.07, 6.45) is -8.65. The van der Waals surface area contributed by atoms with Crippen LogP contribution >= 0.6 is 11.6 Å². The number of nitrogens with one attached hydrogen (secondary N) is 1. The van der Waals surface area contributed by atoms with Gasteiger partial charge in [0.1, 0.15) is 24.0 Å². The third-order valence-corrected chi connectivity index (χ3v) is 5.59. The fraction of sp³-hybridized carbons (Fsp3) is 0.333. The van der Waals surface area contributed by atoms with Gasteiger partial charge in [-0.2, -0.15) is 26.3 Å². The molecule has 1 aromatic heterocycles. The van der Waals surface area contributed by atoms with E-state index in [0.717, 1.165) is 0 Å². The first-order valence-corrected chi connectivity index (χ1v) is 10.5. The zero-order chi connectivity index (χ0) is 27.8. The summed E-state index contributed by atoms with van der Waals surface area (Å²) >= 11 is 5.81. The standard InChI is InChI=1S/C19H15ClF4N4O2.C2HF3O2/c20-13-3-9(19(22,23)24)6-26-16(13)17(29)27-11-1-2-14(21)12(4-11)18-5-10(18)7-30-8-15(25)28-18;3-2(4,5)1(6)7/h1-4,6,10H,5,7-8H2,(H2,25,28)(H,27,29);(H,6,7)/t10-,18-;/m0./s1. The van der Waals surface area contributed by atoms with Gasteiger partial charge in [-0.1, -0.05) is 11.6 Å². The average Bonchev–Trinajstić information content (AvgIpc) is 3.48. The van der Waals surface area contributed by atoms with Crippen LogP contribution in [0.1, 0.15) is 28.0 Å². The maximum Gasteiger partial charge on any atom is 0.490 e. The van der Waals surface area contributed by atoms with Gasteiger partial charge in [0.15, 0.2) is 0 Å². The van der Waals surface area contributed by atoms with Crippen LogP contribution in [0, 0.1) is 11.7 Å². The minimum atomic E-state index is -5.08. The maximum atomic E-state index is 14.6. The molecule has 37 heavy (non-hydrogen) atoms. The number of nitrogens with zero attached hydrogens (tertiary/aromatic N) is 2. The van der Waals surface area contributed by atoms with Crippen molar-refractivity contribution >= 4 is 35.0 Å². The van der Waals surface area contributed by atoms with Gasteiger partial charge in [0.05, 0.1) is 22.7 Å². The molecule has 2 heterocycles. The number of anilines is 1. The van der Waals surface area contributed by atoms with Crippen LogP contribution in [-0.2, 0) is 21.2 Å². The molecular weight excluding hydrogens is 541 g/mol. The van der Waals surface area contributed by atoms with E-state index in [0.29, 0.717) is 25.3 Å². The van der Waals surface area contributed by atoms with Crippen LogP contribution in [0.15, 0.2) is 35.5 Å². The number of carboxylic acid groups (broad SMARTS) is 1. The second-order valence-corrected chi connectivity index (χ2v) is 8.35. The highest BCUT2D eigenvalue weighted by Crippen LogP contribution is 2.57. The van der Waals surface area contributed by atoms with Gasteiger partial charge in [-0.25, -0.2) is 14.2 Å². The van der Waals surface area contributed by atoms with Gasteiger partial charge in [-0.05, 0) is 30.7 Å². The van der Waals surface area contributed by atoms with Crippen molar-refractivity contribution in [2.45, 2.75) is 24.3 Å². The number of ether oxygens (including phenoxy) is 1. The molecular formula is C21H16ClF7N4O4. The number of fused-ring (bicyclic) bond motifs is 1. The van der Waals surface area contributed by atoms with Crippen LogP contribution in [0.2, 0.25) is 5.02 Å². The van der Waals surface area contributed by atoms with E-state index in [1.165, 1.54) is 18.2 Å². The minimum Gasteiger partial charge on any atom is -0.475 e. The molecule has 200 valence electrons. The zero-order valence-corrected chi connectivity index (χ0v) is 19.0. The van der Waals surface area contributed by atoms with E-state index >= 15 is 0 Å². The SMILES string of the molecule is NC1=N[C@@]2(c3cc(NC(=O)c4ncc(C(F)(F)F)cc4Cl)ccc3F)C[C@H]2COC1.O=C(O)C(F)(F)F. The van der Waals surface area contributed by atoms with Crippen molar-refractivity contribution in [3.05, 3.63) is 58.1 Å². The second-order valence-electron chi connectivity index (χ2n) is 7.95. The summed E-state index contributed by atoms with van der Waals surface area (Å²) in [5, 5.41) is 9.15. The number of halogens is 8. The maximum absolute atomic E-state index is 14.6. The van der Waals surface area contributed by atoms with Crippen molar-refractivity contribution in [3.63, 3.8) is 0 Å². The average molecular weight is 557 g/mol. The van der Waals surface area contributed by atoms with Crippen molar-refractivity contribution in [1.82, 2.24) is 4.98 Å². The highest BCUT2D eigenvalue weighted by atomic mass is 35.5. The largest absolute Gasteiger partial charge is 0.490 e. The molecule has 0 spiro atoms. The van der Waals surface area contributed by atoms with E-state index < -0.39 is 46.2 Å². The van der Waals surface area contributed by atoms with Gasteiger partial charge in [-0.3, -0.25) is 9.79 Å². The van der Waals surface area contributed by atoms with E-state index in [-0.39, 0.29) is 35.3 Å². The lowest BCUT2D eigenvalue weighted by Gasteiger charge is -2.16. The highest BCUT2D eigenvalue weighted by molar-refractivity contribution is 6.34. The number of alkyl halides is 6. The van der Waals surface area contributed by atoms with Crippen LogP contribution in [0.3, 0.4) is 0 Å². The number of amidine groups is 1. The predicted molar refractivity (Wildman–Crippen MR) is 115 cm³/mol. The third kappa shape index (κ3) is 6.46. The Kier molecular flexibility index (Phi) is 7.69. The summed E-state index contributed by atoms with van der Waals surface area (Å²) in [5.41, 5.74) is 3.97. The molecule has 1 aromatic carbocycles. The van der Waals surface area contributed by atoms with Crippen LogP contribution < -0.4 is 11.1 Å².